The topological polar surface area (TPSA) is 52.3 Å². The first kappa shape index (κ1) is 12.2. The average molecular weight is 272 g/mol. The largest absolute Gasteiger partial charge is 0.469 e. The second kappa shape index (κ2) is 5.28. The van der Waals surface area contributed by atoms with Crippen LogP contribution in [0.5, 0.6) is 0 Å². The van der Waals surface area contributed by atoms with E-state index >= 15 is 0 Å². The van der Waals surface area contributed by atoms with Gasteiger partial charge in [-0.2, -0.15) is 0 Å². The fourth-order valence-electron chi connectivity index (χ4n) is 1.36. The third-order valence-electron chi connectivity index (χ3n) is 2.11. The molecule has 0 radical (unpaired) electrons. The van der Waals surface area contributed by atoms with Gasteiger partial charge in [0.1, 0.15) is 0 Å². The highest BCUT2D eigenvalue weighted by atomic mass is 79.9. The molecule has 0 saturated heterocycles. The van der Waals surface area contributed by atoms with Gasteiger partial charge in [-0.05, 0) is 30.2 Å². The first-order chi connectivity index (χ1) is 7.02. The number of halogens is 1. The molecule has 0 heterocycles. The molecule has 82 valence electrons. The molecular formula is C11H14BrNO2. The Morgan fingerprint density at radius 2 is 2.20 bits per heavy atom. The van der Waals surface area contributed by atoms with Crippen molar-refractivity contribution >= 4 is 21.9 Å². The Hall–Kier alpha value is -0.870. The van der Waals surface area contributed by atoms with Crippen LogP contribution in [-0.2, 0) is 9.53 Å². The summed E-state index contributed by atoms with van der Waals surface area (Å²) in [6.07, 6.45) is 0.201. The third kappa shape index (κ3) is 3.64. The van der Waals surface area contributed by atoms with Crippen molar-refractivity contribution in [1.29, 1.82) is 0 Å². The van der Waals surface area contributed by atoms with Gasteiger partial charge < -0.3 is 10.5 Å². The lowest BCUT2D eigenvalue weighted by Crippen LogP contribution is -2.16. The smallest absolute Gasteiger partial charge is 0.307 e. The van der Waals surface area contributed by atoms with Crippen molar-refractivity contribution in [3.05, 3.63) is 33.8 Å². The van der Waals surface area contributed by atoms with Crippen LogP contribution in [0.3, 0.4) is 0 Å². The normalized spacial score (nSPS) is 12.3. The summed E-state index contributed by atoms with van der Waals surface area (Å²) in [5, 5.41) is 0. The summed E-state index contributed by atoms with van der Waals surface area (Å²) < 4.78 is 5.54. The van der Waals surface area contributed by atoms with Crippen molar-refractivity contribution in [3.63, 3.8) is 0 Å². The van der Waals surface area contributed by atoms with Gasteiger partial charge in [0.25, 0.3) is 0 Å². The molecule has 2 N–H and O–H groups in total. The van der Waals surface area contributed by atoms with E-state index in [4.69, 9.17) is 5.73 Å². The molecular weight excluding hydrogens is 258 g/mol. The van der Waals surface area contributed by atoms with Crippen LogP contribution >= 0.6 is 15.9 Å². The van der Waals surface area contributed by atoms with Crippen LogP contribution in [0.1, 0.15) is 23.6 Å². The van der Waals surface area contributed by atoms with Crippen LogP contribution in [0.4, 0.5) is 0 Å². The molecule has 0 amide bonds. The standard InChI is InChI=1S/C11H14BrNO2/c1-7-3-8(5-9(12)4-7)10(13)6-11(14)15-2/h3-5,10H,6,13H2,1-2H3. The van der Waals surface area contributed by atoms with Gasteiger partial charge in [-0.15, -0.1) is 0 Å². The van der Waals surface area contributed by atoms with Crippen LogP contribution < -0.4 is 5.73 Å². The minimum Gasteiger partial charge on any atom is -0.469 e. The molecule has 0 aliphatic carbocycles. The number of esters is 1. The lowest BCUT2D eigenvalue weighted by Gasteiger charge is -2.11. The Labute approximate surface area is 97.7 Å². The number of hydrogen-bond acceptors (Lipinski definition) is 3. The quantitative estimate of drug-likeness (QED) is 0.859. The molecule has 0 saturated carbocycles. The number of benzene rings is 1. The lowest BCUT2D eigenvalue weighted by molar-refractivity contribution is -0.141. The molecule has 1 unspecified atom stereocenters. The maximum Gasteiger partial charge on any atom is 0.307 e. The Kier molecular flexibility index (Phi) is 4.29. The summed E-state index contributed by atoms with van der Waals surface area (Å²) in [4.78, 5) is 11.1. The minimum absolute atomic E-state index is 0.201. The first-order valence-corrected chi connectivity index (χ1v) is 5.41. The number of methoxy groups -OCH3 is 1. The highest BCUT2D eigenvalue weighted by Crippen LogP contribution is 2.21. The number of carbonyl (C=O) groups excluding carboxylic acids is 1. The number of nitrogens with two attached hydrogens (primary N) is 1. The number of carbonyl (C=O) groups is 1. The van der Waals surface area contributed by atoms with E-state index in [0.717, 1.165) is 15.6 Å². The Bertz CT molecular complexity index is 345. The monoisotopic (exact) mass is 271 g/mol. The number of aryl methyl sites for hydroxylation is 1. The summed E-state index contributed by atoms with van der Waals surface area (Å²) in [5.41, 5.74) is 7.94. The molecule has 4 heteroatoms. The molecule has 3 nitrogen and oxygen atoms in total. The fourth-order valence-corrected chi connectivity index (χ4v) is 1.98. The second-order valence-electron chi connectivity index (χ2n) is 3.45. The molecule has 0 aromatic heterocycles. The molecule has 0 bridgehead atoms. The zero-order chi connectivity index (χ0) is 11.4. The zero-order valence-corrected chi connectivity index (χ0v) is 10.4. The van der Waals surface area contributed by atoms with E-state index in [2.05, 4.69) is 20.7 Å². The summed E-state index contributed by atoms with van der Waals surface area (Å²) >= 11 is 3.39. The molecule has 0 aliphatic rings. The van der Waals surface area contributed by atoms with E-state index < -0.39 is 0 Å². The first-order valence-electron chi connectivity index (χ1n) is 4.62. The van der Waals surface area contributed by atoms with Crippen LogP contribution in [0, 0.1) is 6.92 Å². The van der Waals surface area contributed by atoms with E-state index in [-0.39, 0.29) is 18.4 Å². The van der Waals surface area contributed by atoms with Crippen LogP contribution in [0.15, 0.2) is 22.7 Å². The van der Waals surface area contributed by atoms with Crippen LogP contribution in [-0.4, -0.2) is 13.1 Å². The van der Waals surface area contributed by atoms with E-state index in [1.54, 1.807) is 0 Å². The van der Waals surface area contributed by atoms with Crippen molar-refractivity contribution in [2.75, 3.05) is 7.11 Å². The van der Waals surface area contributed by atoms with Gasteiger partial charge in [-0.25, -0.2) is 0 Å². The van der Waals surface area contributed by atoms with E-state index in [1.807, 2.05) is 25.1 Å². The number of hydrogen-bond donors (Lipinski definition) is 1. The van der Waals surface area contributed by atoms with Crippen molar-refractivity contribution < 1.29 is 9.53 Å². The van der Waals surface area contributed by atoms with Gasteiger partial charge >= 0.3 is 5.97 Å². The predicted molar refractivity (Wildman–Crippen MR) is 62.4 cm³/mol. The molecule has 1 atom stereocenters. The predicted octanol–water partition coefficient (Wildman–Crippen LogP) is 2.32. The van der Waals surface area contributed by atoms with Crippen molar-refractivity contribution in [2.45, 2.75) is 19.4 Å². The van der Waals surface area contributed by atoms with Gasteiger partial charge in [-0.1, -0.05) is 22.0 Å². The highest BCUT2D eigenvalue weighted by Gasteiger charge is 2.12. The lowest BCUT2D eigenvalue weighted by atomic mass is 10.0. The maximum absolute atomic E-state index is 11.1. The summed E-state index contributed by atoms with van der Waals surface area (Å²) in [6, 6.07) is 5.57. The van der Waals surface area contributed by atoms with Gasteiger partial charge in [0.05, 0.1) is 13.5 Å². The fraction of sp³-hybridized carbons (Fsp3) is 0.364. The molecule has 1 aromatic rings. The van der Waals surface area contributed by atoms with Crippen molar-refractivity contribution in [2.24, 2.45) is 5.73 Å². The van der Waals surface area contributed by atoms with Gasteiger partial charge in [-0.3, -0.25) is 4.79 Å². The highest BCUT2D eigenvalue weighted by molar-refractivity contribution is 9.10. The summed E-state index contributed by atoms with van der Waals surface area (Å²) in [5.74, 6) is -0.292. The van der Waals surface area contributed by atoms with E-state index in [1.165, 1.54) is 7.11 Å². The van der Waals surface area contributed by atoms with E-state index in [9.17, 15) is 4.79 Å². The average Bonchev–Trinajstić information content (AvgIpc) is 2.16. The van der Waals surface area contributed by atoms with Gasteiger partial charge in [0, 0.05) is 10.5 Å². The second-order valence-corrected chi connectivity index (χ2v) is 4.36. The maximum atomic E-state index is 11.1. The summed E-state index contributed by atoms with van der Waals surface area (Å²) in [6.45, 7) is 1.99. The zero-order valence-electron chi connectivity index (χ0n) is 8.79. The minimum atomic E-state index is -0.311. The van der Waals surface area contributed by atoms with Gasteiger partial charge in [0.2, 0.25) is 0 Å². The van der Waals surface area contributed by atoms with Crippen molar-refractivity contribution in [1.82, 2.24) is 0 Å². The van der Waals surface area contributed by atoms with Crippen LogP contribution in [0.2, 0.25) is 0 Å². The Morgan fingerprint density at radius 1 is 1.53 bits per heavy atom. The third-order valence-corrected chi connectivity index (χ3v) is 2.56. The number of ether oxygens (including phenoxy) is 1. The van der Waals surface area contributed by atoms with E-state index in [0.29, 0.717) is 0 Å². The number of rotatable bonds is 3. The van der Waals surface area contributed by atoms with Gasteiger partial charge in [0.15, 0.2) is 0 Å². The van der Waals surface area contributed by atoms with Crippen LogP contribution in [0.25, 0.3) is 0 Å². The van der Waals surface area contributed by atoms with Crippen molar-refractivity contribution in [3.8, 4) is 0 Å². The Balaban J connectivity index is 2.81. The molecule has 1 aromatic carbocycles. The molecule has 15 heavy (non-hydrogen) atoms. The summed E-state index contributed by atoms with van der Waals surface area (Å²) in [7, 11) is 1.36. The molecule has 0 spiro atoms. The molecule has 0 aliphatic heterocycles. The molecule has 0 fully saturated rings. The SMILES string of the molecule is COC(=O)CC(N)c1cc(C)cc(Br)c1. The molecule has 1 rings (SSSR count). The Morgan fingerprint density at radius 3 is 2.73 bits per heavy atom.